The molecule has 0 radical (unpaired) electrons. The Labute approximate surface area is 118 Å². The molecule has 0 atom stereocenters. The van der Waals surface area contributed by atoms with Gasteiger partial charge in [0.2, 0.25) is 10.0 Å². The number of nitrogens with zero attached hydrogens (tertiary/aromatic N) is 1. The van der Waals surface area contributed by atoms with Crippen molar-refractivity contribution in [2.75, 3.05) is 7.05 Å². The number of aryl methyl sites for hydroxylation is 2. The average Bonchev–Trinajstić information content (AvgIpc) is 2.96. The van der Waals surface area contributed by atoms with Gasteiger partial charge in [0.25, 0.3) is 0 Å². The second kappa shape index (κ2) is 5.43. The van der Waals surface area contributed by atoms with Crippen LogP contribution in [0.4, 0.5) is 0 Å². The Hall–Kier alpha value is -1.57. The normalized spacial score (nSPS) is 12.2. The molecule has 0 aliphatic carbocycles. The van der Waals surface area contributed by atoms with Gasteiger partial charge in [-0.2, -0.15) is 4.31 Å². The molecule has 0 amide bonds. The Morgan fingerprint density at radius 1 is 1.30 bits per heavy atom. The summed E-state index contributed by atoms with van der Waals surface area (Å²) in [6.45, 7) is 3.61. The number of hydrogen-bond acceptors (Lipinski definition) is 5. The second-order valence-corrected chi connectivity index (χ2v) is 6.55. The van der Waals surface area contributed by atoms with Gasteiger partial charge in [0.05, 0.1) is 12.8 Å². The van der Waals surface area contributed by atoms with Gasteiger partial charge in [-0.3, -0.25) is 0 Å². The van der Waals surface area contributed by atoms with E-state index in [1.54, 1.807) is 26.0 Å². The van der Waals surface area contributed by atoms with Crippen LogP contribution in [0.25, 0.3) is 0 Å². The number of furan rings is 2. The van der Waals surface area contributed by atoms with E-state index in [0.29, 0.717) is 22.8 Å². The van der Waals surface area contributed by atoms with Crippen molar-refractivity contribution in [3.8, 4) is 0 Å². The van der Waals surface area contributed by atoms with E-state index in [1.165, 1.54) is 17.6 Å². The predicted octanol–water partition coefficient (Wildman–Crippen LogP) is 1.77. The highest BCUT2D eigenvalue weighted by Gasteiger charge is 2.30. The van der Waals surface area contributed by atoms with Crippen molar-refractivity contribution in [2.45, 2.75) is 31.8 Å². The summed E-state index contributed by atoms with van der Waals surface area (Å²) < 4.78 is 37.1. The maximum Gasteiger partial charge on any atom is 0.247 e. The molecule has 0 unspecified atom stereocenters. The van der Waals surface area contributed by atoms with E-state index in [-0.39, 0.29) is 18.0 Å². The molecule has 0 bridgehead atoms. The molecule has 0 aliphatic heterocycles. The fourth-order valence-electron chi connectivity index (χ4n) is 2.15. The molecule has 20 heavy (non-hydrogen) atoms. The highest BCUT2D eigenvalue weighted by Crippen LogP contribution is 2.29. The Morgan fingerprint density at radius 2 is 2.00 bits per heavy atom. The average molecular weight is 298 g/mol. The van der Waals surface area contributed by atoms with Crippen molar-refractivity contribution in [2.24, 2.45) is 5.73 Å². The number of hydrogen-bond donors (Lipinski definition) is 1. The van der Waals surface area contributed by atoms with E-state index in [9.17, 15) is 8.42 Å². The van der Waals surface area contributed by atoms with Gasteiger partial charge in [-0.1, -0.05) is 0 Å². The van der Waals surface area contributed by atoms with Crippen molar-refractivity contribution in [1.29, 1.82) is 0 Å². The summed E-state index contributed by atoms with van der Waals surface area (Å²) in [6.07, 6.45) is 1.51. The topological polar surface area (TPSA) is 89.7 Å². The first kappa shape index (κ1) is 14.8. The summed E-state index contributed by atoms with van der Waals surface area (Å²) in [5.74, 6) is 1.47. The summed E-state index contributed by atoms with van der Waals surface area (Å²) in [4.78, 5) is 0.159. The molecule has 2 aromatic heterocycles. The summed E-state index contributed by atoms with van der Waals surface area (Å²) in [5.41, 5.74) is 6.16. The van der Waals surface area contributed by atoms with E-state index in [2.05, 4.69) is 0 Å². The maximum absolute atomic E-state index is 12.6. The summed E-state index contributed by atoms with van der Waals surface area (Å²) in [5, 5.41) is 0. The second-order valence-electron chi connectivity index (χ2n) is 4.57. The Bertz CT molecular complexity index is 686. The SMILES string of the molecule is Cc1oc(C)c(S(=O)(=O)N(C)Cc2ccco2)c1CN. The van der Waals surface area contributed by atoms with Crippen LogP contribution >= 0.6 is 0 Å². The Kier molecular flexibility index (Phi) is 4.03. The van der Waals surface area contributed by atoms with Gasteiger partial charge >= 0.3 is 0 Å². The highest BCUT2D eigenvalue weighted by atomic mass is 32.2. The largest absolute Gasteiger partial charge is 0.468 e. The lowest BCUT2D eigenvalue weighted by Crippen LogP contribution is -2.27. The third kappa shape index (κ3) is 2.52. The third-order valence-electron chi connectivity index (χ3n) is 3.16. The van der Waals surface area contributed by atoms with Crippen LogP contribution in [0, 0.1) is 13.8 Å². The molecule has 2 N–H and O–H groups in total. The monoisotopic (exact) mass is 298 g/mol. The highest BCUT2D eigenvalue weighted by molar-refractivity contribution is 7.89. The number of rotatable bonds is 5. The van der Waals surface area contributed by atoms with Crippen LogP contribution in [0.3, 0.4) is 0 Å². The lowest BCUT2D eigenvalue weighted by Gasteiger charge is -2.16. The van der Waals surface area contributed by atoms with Crippen LogP contribution in [0.2, 0.25) is 0 Å². The summed E-state index contributed by atoms with van der Waals surface area (Å²) in [7, 11) is -2.17. The smallest absolute Gasteiger partial charge is 0.247 e. The van der Waals surface area contributed by atoms with Crippen molar-refractivity contribution >= 4 is 10.0 Å². The molecule has 110 valence electrons. The van der Waals surface area contributed by atoms with Crippen LogP contribution in [0.1, 0.15) is 22.8 Å². The standard InChI is InChI=1S/C13H18N2O4S/c1-9-12(7-14)13(10(2)19-9)20(16,17)15(3)8-11-5-4-6-18-11/h4-6H,7-8,14H2,1-3H3. The maximum atomic E-state index is 12.6. The van der Waals surface area contributed by atoms with Gasteiger partial charge in [-0.05, 0) is 26.0 Å². The molecule has 0 spiro atoms. The molecule has 6 nitrogen and oxygen atoms in total. The predicted molar refractivity (Wildman–Crippen MR) is 73.4 cm³/mol. The van der Waals surface area contributed by atoms with E-state index in [1.807, 2.05) is 0 Å². The quantitative estimate of drug-likeness (QED) is 0.908. The van der Waals surface area contributed by atoms with Crippen molar-refractivity contribution in [1.82, 2.24) is 4.31 Å². The fourth-order valence-corrected chi connectivity index (χ4v) is 3.70. The molecule has 2 heterocycles. The van der Waals surface area contributed by atoms with Crippen LogP contribution < -0.4 is 5.73 Å². The summed E-state index contributed by atoms with van der Waals surface area (Å²) in [6, 6.07) is 3.44. The van der Waals surface area contributed by atoms with E-state index < -0.39 is 10.0 Å². The van der Waals surface area contributed by atoms with Gasteiger partial charge in [0.15, 0.2) is 0 Å². The minimum atomic E-state index is -3.67. The summed E-state index contributed by atoms with van der Waals surface area (Å²) >= 11 is 0. The zero-order valence-electron chi connectivity index (χ0n) is 11.7. The van der Waals surface area contributed by atoms with Gasteiger partial charge in [0, 0.05) is 19.2 Å². The minimum Gasteiger partial charge on any atom is -0.468 e. The van der Waals surface area contributed by atoms with Gasteiger partial charge in [0.1, 0.15) is 22.2 Å². The lowest BCUT2D eigenvalue weighted by molar-refractivity contribution is 0.404. The van der Waals surface area contributed by atoms with E-state index in [4.69, 9.17) is 14.6 Å². The first-order valence-corrected chi connectivity index (χ1v) is 7.59. The zero-order chi connectivity index (χ0) is 14.9. The van der Waals surface area contributed by atoms with E-state index >= 15 is 0 Å². The molecule has 0 aliphatic rings. The molecular weight excluding hydrogens is 280 g/mol. The van der Waals surface area contributed by atoms with Crippen LogP contribution in [0.5, 0.6) is 0 Å². The van der Waals surface area contributed by atoms with Gasteiger partial charge in [-0.15, -0.1) is 0 Å². The zero-order valence-corrected chi connectivity index (χ0v) is 12.5. The van der Waals surface area contributed by atoms with Crippen molar-refractivity contribution in [3.63, 3.8) is 0 Å². The van der Waals surface area contributed by atoms with Crippen LogP contribution in [0.15, 0.2) is 32.1 Å². The van der Waals surface area contributed by atoms with E-state index in [0.717, 1.165) is 0 Å². The molecule has 2 aromatic rings. The molecule has 0 fully saturated rings. The first-order valence-electron chi connectivity index (χ1n) is 6.15. The fraction of sp³-hybridized carbons (Fsp3) is 0.385. The molecule has 7 heteroatoms. The van der Waals surface area contributed by atoms with Crippen molar-refractivity contribution < 1.29 is 17.3 Å². The first-order chi connectivity index (χ1) is 9.37. The number of sulfonamides is 1. The van der Waals surface area contributed by atoms with Gasteiger partial charge < -0.3 is 14.6 Å². The van der Waals surface area contributed by atoms with Crippen molar-refractivity contribution in [3.05, 3.63) is 41.2 Å². The molecule has 0 saturated heterocycles. The third-order valence-corrected chi connectivity index (χ3v) is 5.16. The van der Waals surface area contributed by atoms with Crippen LogP contribution in [-0.4, -0.2) is 19.8 Å². The molecule has 0 aromatic carbocycles. The Morgan fingerprint density at radius 3 is 2.55 bits per heavy atom. The molecular formula is C13H18N2O4S. The molecule has 2 rings (SSSR count). The Balaban J connectivity index is 2.40. The lowest BCUT2D eigenvalue weighted by atomic mass is 10.2. The minimum absolute atomic E-state index is 0.117. The van der Waals surface area contributed by atoms with Gasteiger partial charge in [-0.25, -0.2) is 8.42 Å². The van der Waals surface area contributed by atoms with Crippen LogP contribution in [-0.2, 0) is 23.1 Å². The number of nitrogens with two attached hydrogens (primary N) is 1. The molecule has 0 saturated carbocycles.